The molecule has 0 bridgehead atoms. The number of nitrogens with one attached hydrogen (secondary N) is 1. The van der Waals surface area contributed by atoms with Crippen LogP contribution in [0.25, 0.3) is 10.1 Å². The maximum atomic E-state index is 12.6. The van der Waals surface area contributed by atoms with Gasteiger partial charge in [0.15, 0.2) is 0 Å². The summed E-state index contributed by atoms with van der Waals surface area (Å²) in [6, 6.07) is 13.0. The maximum absolute atomic E-state index is 12.6. The quantitative estimate of drug-likeness (QED) is 0.646. The third-order valence-corrected chi connectivity index (χ3v) is 5.45. The lowest BCUT2D eigenvalue weighted by Gasteiger charge is -2.18. The van der Waals surface area contributed by atoms with E-state index >= 15 is 0 Å². The van der Waals surface area contributed by atoms with Crippen molar-refractivity contribution in [1.29, 1.82) is 0 Å². The Morgan fingerprint density at radius 3 is 2.38 bits per heavy atom. The molecule has 4 nitrogen and oxygen atoms in total. The lowest BCUT2D eigenvalue weighted by atomic mass is 9.87. The Morgan fingerprint density at radius 1 is 1.08 bits per heavy atom. The minimum atomic E-state index is -1.04. The minimum absolute atomic E-state index is 0.0356. The molecule has 0 aliphatic rings. The van der Waals surface area contributed by atoms with Crippen LogP contribution in [-0.4, -0.2) is 17.0 Å². The molecule has 0 atom stereocenters. The molecule has 1 amide bonds. The van der Waals surface area contributed by atoms with Gasteiger partial charge < -0.3 is 10.4 Å². The second kappa shape index (κ2) is 6.57. The van der Waals surface area contributed by atoms with Crippen molar-refractivity contribution in [2.45, 2.75) is 33.1 Å². The summed E-state index contributed by atoms with van der Waals surface area (Å²) < 4.78 is 0.856. The zero-order valence-electron chi connectivity index (χ0n) is 15.2. The van der Waals surface area contributed by atoms with E-state index in [0.29, 0.717) is 16.0 Å². The van der Waals surface area contributed by atoms with Crippen molar-refractivity contribution in [3.8, 4) is 0 Å². The summed E-state index contributed by atoms with van der Waals surface area (Å²) >= 11 is 1.30. The first-order chi connectivity index (χ1) is 12.2. The molecule has 2 aromatic carbocycles. The van der Waals surface area contributed by atoms with Crippen molar-refractivity contribution in [3.63, 3.8) is 0 Å². The molecular formula is C21H21NO3S. The summed E-state index contributed by atoms with van der Waals surface area (Å²) in [5.74, 6) is -1.34. The van der Waals surface area contributed by atoms with Crippen LogP contribution in [0.15, 0.2) is 42.5 Å². The molecule has 134 valence electrons. The van der Waals surface area contributed by atoms with Gasteiger partial charge in [-0.3, -0.25) is 4.79 Å². The number of hydrogen-bond acceptors (Lipinski definition) is 3. The number of carboxylic acids is 1. The van der Waals surface area contributed by atoms with Gasteiger partial charge in [0.1, 0.15) is 10.6 Å². The minimum Gasteiger partial charge on any atom is -0.478 e. The van der Waals surface area contributed by atoms with Gasteiger partial charge >= 0.3 is 5.97 Å². The number of hydrogen-bond donors (Lipinski definition) is 2. The standard InChI is InChI=1S/C21H21NO3S/c1-12-7-5-6-8-14(12)18(23)22-19-17(20(24)25)15-10-9-13(21(2,3)4)11-16(15)26-19/h5-11H,1-4H3,(H,22,23)(H,24,25). The van der Waals surface area contributed by atoms with Crippen LogP contribution >= 0.6 is 11.3 Å². The highest BCUT2D eigenvalue weighted by atomic mass is 32.1. The lowest BCUT2D eigenvalue weighted by molar-refractivity contribution is 0.0700. The number of carbonyl (C=O) groups excluding carboxylic acids is 1. The van der Waals surface area contributed by atoms with E-state index in [9.17, 15) is 14.7 Å². The van der Waals surface area contributed by atoms with Crippen molar-refractivity contribution >= 4 is 38.3 Å². The molecule has 0 saturated heterocycles. The third kappa shape index (κ3) is 3.35. The fraction of sp³-hybridized carbons (Fsp3) is 0.238. The molecule has 26 heavy (non-hydrogen) atoms. The van der Waals surface area contributed by atoms with Crippen LogP contribution in [0.1, 0.15) is 52.6 Å². The van der Waals surface area contributed by atoms with Crippen LogP contribution in [0.5, 0.6) is 0 Å². The van der Waals surface area contributed by atoms with E-state index in [4.69, 9.17) is 0 Å². The van der Waals surface area contributed by atoms with Crippen molar-refractivity contribution in [1.82, 2.24) is 0 Å². The Kier molecular flexibility index (Phi) is 4.59. The Bertz CT molecular complexity index is 1010. The van der Waals surface area contributed by atoms with E-state index in [1.807, 2.05) is 37.3 Å². The van der Waals surface area contributed by atoms with Gasteiger partial charge in [0, 0.05) is 15.6 Å². The summed E-state index contributed by atoms with van der Waals surface area (Å²) in [4.78, 5) is 24.4. The summed E-state index contributed by atoms with van der Waals surface area (Å²) in [7, 11) is 0. The van der Waals surface area contributed by atoms with Gasteiger partial charge in [-0.1, -0.05) is 51.1 Å². The number of rotatable bonds is 3. The smallest absolute Gasteiger partial charge is 0.339 e. The average molecular weight is 367 g/mol. The van der Waals surface area contributed by atoms with Crippen LogP contribution in [0.2, 0.25) is 0 Å². The summed E-state index contributed by atoms with van der Waals surface area (Å²) in [5.41, 5.74) is 2.62. The number of carbonyl (C=O) groups is 2. The fourth-order valence-electron chi connectivity index (χ4n) is 2.86. The molecule has 0 aliphatic heterocycles. The van der Waals surface area contributed by atoms with E-state index < -0.39 is 5.97 Å². The van der Waals surface area contributed by atoms with Crippen LogP contribution in [0.4, 0.5) is 5.00 Å². The van der Waals surface area contributed by atoms with Gasteiger partial charge in [0.25, 0.3) is 5.91 Å². The normalized spacial score (nSPS) is 11.5. The summed E-state index contributed by atoms with van der Waals surface area (Å²) in [6.07, 6.45) is 0. The van der Waals surface area contributed by atoms with E-state index in [2.05, 4.69) is 26.1 Å². The van der Waals surface area contributed by atoms with Gasteiger partial charge in [-0.2, -0.15) is 0 Å². The Hall–Kier alpha value is -2.66. The number of fused-ring (bicyclic) bond motifs is 1. The molecule has 0 fully saturated rings. The molecule has 0 unspecified atom stereocenters. The third-order valence-electron chi connectivity index (χ3n) is 4.39. The van der Waals surface area contributed by atoms with Crippen LogP contribution in [-0.2, 0) is 5.41 Å². The number of amides is 1. The zero-order chi connectivity index (χ0) is 19.1. The molecule has 2 N–H and O–H groups in total. The summed E-state index contributed by atoms with van der Waals surface area (Å²) in [5, 5.41) is 13.5. The average Bonchev–Trinajstić information content (AvgIpc) is 2.91. The first-order valence-corrected chi connectivity index (χ1v) is 9.17. The molecule has 0 saturated carbocycles. The van der Waals surface area contributed by atoms with Gasteiger partial charge in [-0.15, -0.1) is 11.3 Å². The Morgan fingerprint density at radius 2 is 1.77 bits per heavy atom. The van der Waals surface area contributed by atoms with Gasteiger partial charge in [0.05, 0.1) is 0 Å². The van der Waals surface area contributed by atoms with Crippen molar-refractivity contribution in [2.24, 2.45) is 0 Å². The molecule has 1 aromatic heterocycles. The predicted molar refractivity (Wildman–Crippen MR) is 107 cm³/mol. The number of benzene rings is 2. The molecule has 1 heterocycles. The van der Waals surface area contributed by atoms with Crippen LogP contribution < -0.4 is 5.32 Å². The summed E-state index contributed by atoms with van der Waals surface area (Å²) in [6.45, 7) is 8.19. The molecule has 3 rings (SSSR count). The lowest BCUT2D eigenvalue weighted by Crippen LogP contribution is -2.14. The largest absolute Gasteiger partial charge is 0.478 e. The Labute approximate surface area is 156 Å². The maximum Gasteiger partial charge on any atom is 0.339 e. The molecular weight excluding hydrogens is 346 g/mol. The zero-order valence-corrected chi connectivity index (χ0v) is 16.0. The monoisotopic (exact) mass is 367 g/mol. The van der Waals surface area contributed by atoms with E-state index in [0.717, 1.165) is 15.8 Å². The fourth-order valence-corrected chi connectivity index (χ4v) is 3.99. The van der Waals surface area contributed by atoms with Crippen molar-refractivity contribution < 1.29 is 14.7 Å². The second-order valence-corrected chi connectivity index (χ2v) is 8.39. The van der Waals surface area contributed by atoms with Crippen molar-refractivity contribution in [3.05, 3.63) is 64.7 Å². The topological polar surface area (TPSA) is 66.4 Å². The number of anilines is 1. The molecule has 0 radical (unpaired) electrons. The highest BCUT2D eigenvalue weighted by Gasteiger charge is 2.22. The van der Waals surface area contributed by atoms with Crippen molar-refractivity contribution in [2.75, 3.05) is 5.32 Å². The number of aryl methyl sites for hydroxylation is 1. The van der Waals surface area contributed by atoms with Gasteiger partial charge in [-0.25, -0.2) is 4.79 Å². The SMILES string of the molecule is Cc1ccccc1C(=O)Nc1sc2cc(C(C)(C)C)ccc2c1C(=O)O. The first-order valence-electron chi connectivity index (χ1n) is 8.36. The number of aromatic carboxylic acids is 1. The van der Waals surface area contributed by atoms with E-state index in [1.54, 1.807) is 12.1 Å². The highest BCUT2D eigenvalue weighted by Crippen LogP contribution is 2.38. The van der Waals surface area contributed by atoms with Gasteiger partial charge in [-0.05, 0) is 35.6 Å². The van der Waals surface area contributed by atoms with E-state index in [1.165, 1.54) is 11.3 Å². The number of thiophene rings is 1. The van der Waals surface area contributed by atoms with Crippen LogP contribution in [0, 0.1) is 6.92 Å². The van der Waals surface area contributed by atoms with Gasteiger partial charge in [0.2, 0.25) is 0 Å². The highest BCUT2D eigenvalue weighted by molar-refractivity contribution is 7.23. The molecule has 0 spiro atoms. The molecule has 5 heteroatoms. The predicted octanol–water partition coefficient (Wildman–Crippen LogP) is 5.46. The molecule has 3 aromatic rings. The number of carboxylic acid groups (broad SMARTS) is 1. The second-order valence-electron chi connectivity index (χ2n) is 7.34. The Balaban J connectivity index is 2.07. The van der Waals surface area contributed by atoms with Crippen LogP contribution in [0.3, 0.4) is 0 Å². The molecule has 0 aliphatic carbocycles. The van der Waals surface area contributed by atoms with E-state index in [-0.39, 0.29) is 16.9 Å². The first kappa shape index (κ1) is 18.1.